The van der Waals surface area contributed by atoms with Crippen LogP contribution in [0.15, 0.2) is 0 Å². The first kappa shape index (κ1) is 52.5. The Balaban J connectivity index is 4.97. The number of carbonyl (C=O) groups excluding carboxylic acids is 2. The molecule has 2 atom stereocenters. The van der Waals surface area contributed by atoms with E-state index in [0.717, 1.165) is 0 Å². The van der Waals surface area contributed by atoms with Gasteiger partial charge in [0.2, 0.25) is 0 Å². The van der Waals surface area contributed by atoms with Crippen molar-refractivity contribution in [2.24, 2.45) is 5.73 Å². The van der Waals surface area contributed by atoms with Crippen molar-refractivity contribution in [1.29, 1.82) is 0 Å². The van der Waals surface area contributed by atoms with Crippen LogP contribution < -0.4 is 11.1 Å². The third-order valence-corrected chi connectivity index (χ3v) is 15.4. The Morgan fingerprint density at radius 2 is 1.06 bits per heavy atom. The van der Waals surface area contributed by atoms with Crippen molar-refractivity contribution in [3.05, 3.63) is 0 Å². The highest BCUT2D eigenvalue weighted by Gasteiger charge is 2.36. The average molecular weight is 817 g/mol. The Hall–Kier alpha value is 0.500. The van der Waals surface area contributed by atoms with E-state index in [-0.39, 0.29) is 41.2 Å². The molecule has 0 amide bonds. The fourth-order valence-corrected chi connectivity index (χ4v) is 11.8. The summed E-state index contributed by atoms with van der Waals surface area (Å²) < 4.78 is 34.4. The fraction of sp³-hybridized carbons (Fsp3) is 0.944. The van der Waals surface area contributed by atoms with Gasteiger partial charge < -0.3 is 29.6 Å². The van der Waals surface area contributed by atoms with E-state index >= 15 is 0 Å². The molecule has 12 nitrogen and oxygen atoms in total. The summed E-state index contributed by atoms with van der Waals surface area (Å²) in [6.07, 6.45) is 0.805. The minimum atomic E-state index is -1.15. The summed E-state index contributed by atoms with van der Waals surface area (Å²) in [7, 11) is -2.10. The molecule has 0 aromatic carbocycles. The Kier molecular flexibility index (Phi) is 30.0. The van der Waals surface area contributed by atoms with Gasteiger partial charge in [0.05, 0.1) is 25.8 Å². The van der Waals surface area contributed by atoms with Crippen LogP contribution in [0.5, 0.6) is 0 Å². The van der Waals surface area contributed by atoms with Crippen molar-refractivity contribution in [2.75, 3.05) is 57.9 Å². The average Bonchev–Trinajstić information content (AvgIpc) is 3.01. The number of thioether (sulfide) groups is 2. The van der Waals surface area contributed by atoms with E-state index in [1.165, 1.54) is 23.5 Å². The second kappa shape index (κ2) is 29.7. The van der Waals surface area contributed by atoms with Crippen LogP contribution in [0.3, 0.4) is 0 Å². The first-order valence-electron chi connectivity index (χ1n) is 19.2. The number of rotatable bonds is 31. The van der Waals surface area contributed by atoms with E-state index in [1.54, 1.807) is 0 Å². The van der Waals surface area contributed by atoms with Gasteiger partial charge in [-0.15, -0.1) is 0 Å². The minimum absolute atomic E-state index is 0.0895. The number of carbonyl (C=O) groups is 2. The van der Waals surface area contributed by atoms with Crippen LogP contribution in [-0.4, -0.2) is 135 Å². The van der Waals surface area contributed by atoms with Crippen molar-refractivity contribution in [3.8, 4) is 0 Å². The quantitative estimate of drug-likeness (QED) is 0.0403. The molecule has 0 heterocycles. The van der Waals surface area contributed by atoms with Crippen molar-refractivity contribution in [1.82, 2.24) is 24.0 Å². The summed E-state index contributed by atoms with van der Waals surface area (Å²) in [4.78, 5) is 24.4. The van der Waals surface area contributed by atoms with Gasteiger partial charge in [-0.25, -0.2) is 18.7 Å². The lowest BCUT2D eigenvalue weighted by Crippen LogP contribution is -2.47. The summed E-state index contributed by atoms with van der Waals surface area (Å²) in [5, 5.41) is 3.70. The maximum atomic E-state index is 12.7. The summed E-state index contributed by atoms with van der Waals surface area (Å²) >= 11 is 2.48. The van der Waals surface area contributed by atoms with Gasteiger partial charge >= 0.3 is 0 Å². The lowest BCUT2D eigenvalue weighted by Gasteiger charge is -2.46. The zero-order chi connectivity index (χ0) is 40.0. The molecular weight excluding hydrogens is 739 g/mol. The highest BCUT2D eigenvalue weighted by Crippen LogP contribution is 2.51. The Bertz CT molecular complexity index is 898. The molecular formula is C36H78N6O6P2S2. The monoisotopic (exact) mass is 816 g/mol. The molecule has 0 aromatic heterocycles. The molecule has 3 N–H and O–H groups in total. The van der Waals surface area contributed by atoms with Crippen LogP contribution in [0.2, 0.25) is 0 Å². The first-order chi connectivity index (χ1) is 24.4. The molecule has 2 unspecified atom stereocenters. The molecule has 0 saturated heterocycles. The van der Waals surface area contributed by atoms with E-state index in [9.17, 15) is 9.59 Å². The molecule has 0 aliphatic heterocycles. The summed E-state index contributed by atoms with van der Waals surface area (Å²) in [6, 6.07) is 2.34. The van der Waals surface area contributed by atoms with Crippen LogP contribution in [0.25, 0.3) is 0 Å². The van der Waals surface area contributed by atoms with Gasteiger partial charge in [-0.05, 0) is 104 Å². The zero-order valence-corrected chi connectivity index (χ0v) is 38.8. The molecule has 0 aromatic rings. The van der Waals surface area contributed by atoms with E-state index < -0.39 is 16.9 Å². The first-order valence-corrected chi connectivity index (χ1v) is 23.5. The van der Waals surface area contributed by atoms with E-state index in [1.807, 2.05) is 0 Å². The smallest absolute Gasteiger partial charge is 0.192 e. The van der Waals surface area contributed by atoms with Gasteiger partial charge in [-0.3, -0.25) is 9.59 Å². The number of hydrogen-bond acceptors (Lipinski definition) is 14. The van der Waals surface area contributed by atoms with Crippen LogP contribution in [0.1, 0.15) is 117 Å². The zero-order valence-electron chi connectivity index (χ0n) is 35.4. The van der Waals surface area contributed by atoms with Gasteiger partial charge in [0.25, 0.3) is 0 Å². The van der Waals surface area contributed by atoms with Crippen molar-refractivity contribution in [2.45, 2.75) is 165 Å². The van der Waals surface area contributed by atoms with E-state index in [4.69, 9.17) is 24.3 Å². The second-order valence-corrected chi connectivity index (χ2v) is 20.3. The molecule has 0 spiro atoms. The number of hydrogen-bond donors (Lipinski definition) is 2. The predicted molar refractivity (Wildman–Crippen MR) is 227 cm³/mol. The minimum Gasteiger partial charge on any atom is -0.368 e. The molecule has 52 heavy (non-hydrogen) atoms. The molecule has 0 fully saturated rings. The van der Waals surface area contributed by atoms with Gasteiger partial charge in [0.1, 0.15) is 0 Å². The number of nitrogens with zero attached hydrogens (tertiary/aromatic N) is 4. The number of nitrogens with two attached hydrogens (primary N) is 1. The van der Waals surface area contributed by atoms with Gasteiger partial charge in [0.15, 0.2) is 33.9 Å². The molecule has 0 aliphatic carbocycles. The molecule has 0 rings (SSSR count). The Labute approximate surface area is 330 Å². The lowest BCUT2D eigenvalue weighted by molar-refractivity contribution is -0.111. The van der Waals surface area contributed by atoms with Gasteiger partial charge in [-0.1, -0.05) is 23.5 Å². The molecule has 16 heteroatoms. The Morgan fingerprint density at radius 1 is 0.596 bits per heavy atom. The van der Waals surface area contributed by atoms with Crippen LogP contribution in [0, 0.1) is 0 Å². The standard InChI is InChI=1S/C36H78N6O6P2S2/c1-27(2)39(28(3)4)49(40(29(5)6)30(7)8)47-21-20-46-26-52-36(44)17-19-38-24-34(15)42(33(13)14)50(41(31(9)10)32(11)12)48-25-45-22-23-51-35(43)16-18-37/h27-34,38H,16-26,37H2,1-15H3. The molecule has 0 radical (unpaired) electrons. The third kappa shape index (κ3) is 21.1. The molecule has 0 bridgehead atoms. The van der Waals surface area contributed by atoms with E-state index in [0.29, 0.717) is 88.2 Å². The lowest BCUT2D eigenvalue weighted by atomic mass is 10.2. The van der Waals surface area contributed by atoms with Crippen LogP contribution in [0.4, 0.5) is 0 Å². The Morgan fingerprint density at radius 3 is 1.52 bits per heavy atom. The highest BCUT2D eigenvalue weighted by molar-refractivity contribution is 8.13. The maximum absolute atomic E-state index is 12.7. The molecule has 310 valence electrons. The molecule has 0 aliphatic rings. The summed E-state index contributed by atoms with van der Waals surface area (Å²) in [5.74, 6) is 0.900. The maximum Gasteiger partial charge on any atom is 0.192 e. The van der Waals surface area contributed by atoms with E-state index in [2.05, 4.69) is 128 Å². The van der Waals surface area contributed by atoms with Crippen molar-refractivity contribution >= 4 is 50.7 Å². The number of nitrogens with one attached hydrogen (secondary N) is 1. The summed E-state index contributed by atoms with van der Waals surface area (Å²) in [6.45, 7) is 36.3. The fourth-order valence-electron chi connectivity index (χ4n) is 5.91. The second-order valence-electron chi connectivity index (χ2n) is 14.8. The normalized spacial score (nSPS) is 14.2. The largest absolute Gasteiger partial charge is 0.368 e. The number of ether oxygens (including phenoxy) is 2. The van der Waals surface area contributed by atoms with Gasteiger partial charge in [-0.2, -0.15) is 0 Å². The summed E-state index contributed by atoms with van der Waals surface area (Å²) in [5.41, 5.74) is 5.47. The van der Waals surface area contributed by atoms with Crippen molar-refractivity contribution < 1.29 is 28.1 Å². The van der Waals surface area contributed by atoms with Crippen molar-refractivity contribution in [3.63, 3.8) is 0 Å². The van der Waals surface area contributed by atoms with Crippen LogP contribution in [-0.2, 0) is 28.1 Å². The highest BCUT2D eigenvalue weighted by atomic mass is 32.2. The molecule has 0 saturated carbocycles. The van der Waals surface area contributed by atoms with Gasteiger partial charge in [0, 0.05) is 86.6 Å². The topological polar surface area (TPSA) is 122 Å². The SMILES string of the molecule is CC(C)N(C(C)C)P(OCCOCSC(=O)CCNCC(C)N(C(C)C)P(OCOCCSC(=O)CCN)N(C(C)C)C(C)C)N(C(C)C)C(C)C. The van der Waals surface area contributed by atoms with Crippen LogP contribution >= 0.6 is 40.4 Å². The third-order valence-electron chi connectivity index (χ3n) is 7.72. The predicted octanol–water partition coefficient (Wildman–Crippen LogP) is 7.73.